The molecule has 2 rings (SSSR count). The maximum Gasteiger partial charge on any atom is 0.293 e. The van der Waals surface area contributed by atoms with Gasteiger partial charge in [0.15, 0.2) is 0 Å². The van der Waals surface area contributed by atoms with E-state index in [0.29, 0.717) is 26.4 Å². The minimum atomic E-state index is -0.579. The highest BCUT2D eigenvalue weighted by Crippen LogP contribution is 2.24. The molecule has 0 bridgehead atoms. The minimum Gasteiger partial charge on any atom is -0.376 e. The van der Waals surface area contributed by atoms with E-state index in [9.17, 15) is 14.9 Å². The Bertz CT molecular complexity index is 530. The van der Waals surface area contributed by atoms with E-state index in [1.54, 1.807) is 0 Å². The van der Waals surface area contributed by atoms with Crippen LogP contribution in [0.4, 0.5) is 11.4 Å². The lowest BCUT2D eigenvalue weighted by atomic mass is 10.1. The lowest BCUT2D eigenvalue weighted by Gasteiger charge is -2.23. The molecular weight excluding hydrogens is 280 g/mol. The van der Waals surface area contributed by atoms with Crippen molar-refractivity contribution in [1.29, 1.82) is 0 Å². The lowest BCUT2D eigenvalue weighted by molar-refractivity contribution is -0.384. The van der Waals surface area contributed by atoms with Gasteiger partial charge in [0.05, 0.1) is 30.8 Å². The second kappa shape index (κ2) is 6.97. The molecular formula is C12H16N4O5. The maximum atomic E-state index is 12.0. The summed E-state index contributed by atoms with van der Waals surface area (Å²) in [5, 5.41) is 13.5. The van der Waals surface area contributed by atoms with Crippen molar-refractivity contribution < 1.29 is 19.2 Å². The average Bonchev–Trinajstić information content (AvgIpc) is 2.52. The van der Waals surface area contributed by atoms with Crippen LogP contribution in [0.1, 0.15) is 10.4 Å². The number of nitro benzene ring substituents is 1. The summed E-state index contributed by atoms with van der Waals surface area (Å²) in [6.07, 6.45) is -0.187. The molecule has 1 saturated heterocycles. The van der Waals surface area contributed by atoms with E-state index in [0.717, 1.165) is 0 Å². The third-order valence-corrected chi connectivity index (χ3v) is 2.99. The van der Waals surface area contributed by atoms with Crippen molar-refractivity contribution in [2.75, 3.05) is 31.8 Å². The van der Waals surface area contributed by atoms with Gasteiger partial charge in [-0.3, -0.25) is 20.8 Å². The molecule has 1 aromatic carbocycles. The molecule has 1 aliphatic rings. The van der Waals surface area contributed by atoms with Gasteiger partial charge in [-0.05, 0) is 12.1 Å². The molecule has 1 atom stereocenters. The Morgan fingerprint density at radius 2 is 2.29 bits per heavy atom. The van der Waals surface area contributed by atoms with Gasteiger partial charge in [0, 0.05) is 18.2 Å². The monoisotopic (exact) mass is 296 g/mol. The molecule has 9 nitrogen and oxygen atoms in total. The first kappa shape index (κ1) is 15.2. The lowest BCUT2D eigenvalue weighted by Crippen LogP contribution is -2.39. The first-order chi connectivity index (χ1) is 10.1. The van der Waals surface area contributed by atoms with Crippen molar-refractivity contribution in [2.24, 2.45) is 5.84 Å². The van der Waals surface area contributed by atoms with E-state index in [1.807, 2.05) is 0 Å². The zero-order valence-electron chi connectivity index (χ0n) is 11.2. The average molecular weight is 296 g/mol. The number of carbonyl (C=O) groups excluding carboxylic acids is 1. The largest absolute Gasteiger partial charge is 0.376 e. The van der Waals surface area contributed by atoms with Gasteiger partial charge in [0.25, 0.3) is 11.6 Å². The number of hydrogen-bond acceptors (Lipinski definition) is 7. The third kappa shape index (κ3) is 3.88. The van der Waals surface area contributed by atoms with E-state index in [2.05, 4.69) is 10.7 Å². The van der Waals surface area contributed by atoms with E-state index in [1.165, 1.54) is 18.2 Å². The molecule has 1 heterocycles. The van der Waals surface area contributed by atoms with Gasteiger partial charge in [-0.25, -0.2) is 0 Å². The molecule has 0 saturated carbocycles. The number of nitrogen functional groups attached to an aromatic ring is 1. The molecule has 1 unspecified atom stereocenters. The minimum absolute atomic E-state index is 0.0740. The molecule has 0 spiro atoms. The highest BCUT2D eigenvalue weighted by molar-refractivity contribution is 5.95. The molecule has 0 aromatic heterocycles. The number of hydrazine groups is 1. The van der Waals surface area contributed by atoms with Crippen LogP contribution in [0.15, 0.2) is 18.2 Å². The molecule has 1 fully saturated rings. The Hall–Kier alpha value is -2.23. The van der Waals surface area contributed by atoms with Gasteiger partial charge in [0.1, 0.15) is 5.69 Å². The summed E-state index contributed by atoms with van der Waals surface area (Å²) in [4.78, 5) is 22.2. The third-order valence-electron chi connectivity index (χ3n) is 2.99. The van der Waals surface area contributed by atoms with Crippen molar-refractivity contribution in [3.8, 4) is 0 Å². The summed E-state index contributed by atoms with van der Waals surface area (Å²) in [6, 6.07) is 3.92. The highest BCUT2D eigenvalue weighted by atomic mass is 16.6. The van der Waals surface area contributed by atoms with Crippen LogP contribution < -0.4 is 16.6 Å². The topological polar surface area (TPSA) is 129 Å². The van der Waals surface area contributed by atoms with Gasteiger partial charge >= 0.3 is 0 Å². The summed E-state index contributed by atoms with van der Waals surface area (Å²) < 4.78 is 10.6. The molecule has 1 aromatic rings. The SMILES string of the molecule is NNc1cc(C(=O)NCC2COCCO2)ccc1[N+](=O)[O-]. The number of nitrogens with one attached hydrogen (secondary N) is 2. The Kier molecular flexibility index (Phi) is 5.04. The Balaban J connectivity index is 2.00. The van der Waals surface area contributed by atoms with Gasteiger partial charge in [-0.2, -0.15) is 0 Å². The summed E-state index contributed by atoms with van der Waals surface area (Å²) >= 11 is 0. The Morgan fingerprint density at radius 3 is 2.90 bits per heavy atom. The van der Waals surface area contributed by atoms with Crippen molar-refractivity contribution >= 4 is 17.3 Å². The first-order valence-electron chi connectivity index (χ1n) is 6.34. The van der Waals surface area contributed by atoms with Crippen LogP contribution in [-0.4, -0.2) is 43.3 Å². The summed E-state index contributed by atoms with van der Waals surface area (Å²) in [7, 11) is 0. The number of amides is 1. The van der Waals surface area contributed by atoms with E-state index in [4.69, 9.17) is 15.3 Å². The van der Waals surface area contributed by atoms with Gasteiger partial charge in [-0.15, -0.1) is 0 Å². The Morgan fingerprint density at radius 1 is 1.48 bits per heavy atom. The molecule has 1 aliphatic heterocycles. The van der Waals surface area contributed by atoms with E-state index in [-0.39, 0.29) is 28.9 Å². The Labute approximate surface area is 120 Å². The number of carbonyl (C=O) groups is 1. The smallest absolute Gasteiger partial charge is 0.293 e. The predicted octanol–water partition coefficient (Wildman–Crippen LogP) is 0.0256. The second-order valence-corrected chi connectivity index (χ2v) is 4.41. The molecule has 0 aliphatic carbocycles. The van der Waals surface area contributed by atoms with Gasteiger partial charge in [-0.1, -0.05) is 0 Å². The number of nitro groups is 1. The standard InChI is InChI=1S/C12H16N4O5/c13-15-10-5-8(1-2-11(10)16(18)19)12(17)14-6-9-7-20-3-4-21-9/h1-2,5,9,15H,3-4,6-7,13H2,(H,14,17). The van der Waals surface area contributed by atoms with Crippen molar-refractivity contribution in [1.82, 2.24) is 5.32 Å². The molecule has 1 amide bonds. The van der Waals surface area contributed by atoms with E-state index < -0.39 is 4.92 Å². The first-order valence-corrected chi connectivity index (χ1v) is 6.34. The zero-order valence-corrected chi connectivity index (χ0v) is 11.2. The van der Waals surface area contributed by atoms with Crippen LogP contribution in [-0.2, 0) is 9.47 Å². The van der Waals surface area contributed by atoms with Crippen LogP contribution in [0.3, 0.4) is 0 Å². The summed E-state index contributed by atoms with van der Waals surface area (Å²) in [5.41, 5.74) is 2.36. The fourth-order valence-electron chi connectivity index (χ4n) is 1.92. The maximum absolute atomic E-state index is 12.0. The summed E-state index contributed by atoms with van der Waals surface area (Å²) in [6.45, 7) is 1.79. The van der Waals surface area contributed by atoms with Gasteiger partial charge < -0.3 is 20.2 Å². The number of nitrogens with two attached hydrogens (primary N) is 1. The molecule has 114 valence electrons. The fraction of sp³-hybridized carbons (Fsp3) is 0.417. The number of rotatable bonds is 5. The quantitative estimate of drug-likeness (QED) is 0.397. The number of ether oxygens (including phenoxy) is 2. The normalized spacial score (nSPS) is 18.0. The molecule has 21 heavy (non-hydrogen) atoms. The predicted molar refractivity (Wildman–Crippen MR) is 73.8 cm³/mol. The summed E-state index contributed by atoms with van der Waals surface area (Å²) in [5.74, 6) is 4.86. The van der Waals surface area contributed by atoms with Crippen molar-refractivity contribution in [3.05, 3.63) is 33.9 Å². The van der Waals surface area contributed by atoms with Crippen LogP contribution in [0, 0.1) is 10.1 Å². The van der Waals surface area contributed by atoms with Gasteiger partial charge in [0.2, 0.25) is 0 Å². The number of nitrogens with zero attached hydrogens (tertiary/aromatic N) is 1. The van der Waals surface area contributed by atoms with Crippen LogP contribution in [0.25, 0.3) is 0 Å². The molecule has 4 N–H and O–H groups in total. The fourth-order valence-corrected chi connectivity index (χ4v) is 1.92. The number of anilines is 1. The van der Waals surface area contributed by atoms with Crippen LogP contribution in [0.2, 0.25) is 0 Å². The van der Waals surface area contributed by atoms with Crippen molar-refractivity contribution in [3.63, 3.8) is 0 Å². The molecule has 9 heteroatoms. The second-order valence-electron chi connectivity index (χ2n) is 4.41. The van der Waals surface area contributed by atoms with E-state index >= 15 is 0 Å². The zero-order chi connectivity index (χ0) is 15.2. The number of hydrogen-bond donors (Lipinski definition) is 3. The van der Waals surface area contributed by atoms with Crippen molar-refractivity contribution in [2.45, 2.75) is 6.10 Å². The molecule has 0 radical (unpaired) electrons. The van der Waals surface area contributed by atoms with Crippen LogP contribution >= 0.6 is 0 Å². The highest BCUT2D eigenvalue weighted by Gasteiger charge is 2.18. The van der Waals surface area contributed by atoms with Crippen LogP contribution in [0.5, 0.6) is 0 Å². The number of benzene rings is 1.